The van der Waals surface area contributed by atoms with E-state index in [1.165, 1.54) is 0 Å². The van der Waals surface area contributed by atoms with Crippen LogP contribution in [0.1, 0.15) is 66.2 Å². The molecule has 6 heteroatoms. The third-order valence-corrected chi connectivity index (χ3v) is 6.58. The molecule has 1 saturated carbocycles. The van der Waals surface area contributed by atoms with Crippen LogP contribution < -0.4 is 0 Å². The van der Waals surface area contributed by atoms with Crippen molar-refractivity contribution in [3.63, 3.8) is 0 Å². The molecule has 0 radical (unpaired) electrons. The van der Waals surface area contributed by atoms with E-state index >= 15 is 0 Å². The Morgan fingerprint density at radius 3 is 1.47 bits per heavy atom. The molecule has 0 bridgehead atoms. The molecule has 184 valence electrons. The maximum atomic E-state index is 12.9. The molecule has 0 aromatic carbocycles. The smallest absolute Gasteiger partial charge is 0.309 e. The molecule has 0 aromatic rings. The van der Waals surface area contributed by atoms with E-state index in [-0.39, 0.29) is 36.0 Å². The number of hydrogen-bond donors (Lipinski definition) is 0. The predicted octanol–water partition coefficient (Wildman–Crippen LogP) is 5.12. The Morgan fingerprint density at radius 1 is 0.781 bits per heavy atom. The molecule has 1 rings (SSSR count). The molecular formula is C26H44O6. The fourth-order valence-electron chi connectivity index (χ4n) is 3.67. The van der Waals surface area contributed by atoms with Crippen molar-refractivity contribution in [2.45, 2.75) is 66.2 Å². The first-order valence-electron chi connectivity index (χ1n) is 11.9. The average molecular weight is 453 g/mol. The second-order valence-corrected chi connectivity index (χ2v) is 9.65. The lowest BCUT2D eigenvalue weighted by Gasteiger charge is -2.32. The summed E-state index contributed by atoms with van der Waals surface area (Å²) in [5.74, 6) is -1.50. The van der Waals surface area contributed by atoms with Crippen molar-refractivity contribution < 1.29 is 28.5 Å². The molecule has 4 atom stereocenters. The topological polar surface area (TPSA) is 71.1 Å². The van der Waals surface area contributed by atoms with Gasteiger partial charge >= 0.3 is 11.9 Å². The van der Waals surface area contributed by atoms with Crippen LogP contribution in [0.4, 0.5) is 0 Å². The van der Waals surface area contributed by atoms with E-state index in [2.05, 4.69) is 27.0 Å². The zero-order valence-corrected chi connectivity index (χ0v) is 20.7. The third-order valence-electron chi connectivity index (χ3n) is 6.58. The van der Waals surface area contributed by atoms with Crippen molar-refractivity contribution in [2.24, 2.45) is 22.7 Å². The van der Waals surface area contributed by atoms with Gasteiger partial charge in [-0.3, -0.25) is 9.59 Å². The summed E-state index contributed by atoms with van der Waals surface area (Å²) in [5.41, 5.74) is -0.532. The van der Waals surface area contributed by atoms with Gasteiger partial charge < -0.3 is 18.9 Å². The second kappa shape index (κ2) is 14.5. The van der Waals surface area contributed by atoms with Crippen molar-refractivity contribution in [3.05, 3.63) is 25.3 Å². The van der Waals surface area contributed by atoms with Crippen molar-refractivity contribution in [3.8, 4) is 0 Å². The predicted molar refractivity (Wildman–Crippen MR) is 126 cm³/mol. The van der Waals surface area contributed by atoms with Crippen LogP contribution in [0.5, 0.6) is 0 Å². The summed E-state index contributed by atoms with van der Waals surface area (Å²) in [6.45, 7) is 17.9. The van der Waals surface area contributed by atoms with Crippen molar-refractivity contribution in [1.82, 2.24) is 0 Å². The number of carbonyl (C=O) groups excluding carboxylic acids is 2. The van der Waals surface area contributed by atoms with Gasteiger partial charge in [-0.25, -0.2) is 0 Å². The van der Waals surface area contributed by atoms with Crippen LogP contribution in [0.3, 0.4) is 0 Å². The first-order valence-corrected chi connectivity index (χ1v) is 11.9. The molecule has 1 fully saturated rings. The number of carbonyl (C=O) groups is 2. The van der Waals surface area contributed by atoms with E-state index in [0.717, 1.165) is 25.7 Å². The van der Waals surface area contributed by atoms with Crippen LogP contribution in [-0.2, 0) is 28.5 Å². The van der Waals surface area contributed by atoms with Crippen LogP contribution in [0, 0.1) is 22.7 Å². The van der Waals surface area contributed by atoms with Crippen molar-refractivity contribution in [2.75, 3.05) is 39.6 Å². The molecular weight excluding hydrogens is 408 g/mol. The van der Waals surface area contributed by atoms with Gasteiger partial charge in [-0.05, 0) is 25.7 Å². The summed E-state index contributed by atoms with van der Waals surface area (Å²) in [4.78, 5) is 25.8. The van der Waals surface area contributed by atoms with E-state index in [1.54, 1.807) is 12.2 Å². The summed E-state index contributed by atoms with van der Waals surface area (Å²) in [7, 11) is 0. The van der Waals surface area contributed by atoms with Gasteiger partial charge in [0, 0.05) is 10.8 Å². The Labute approximate surface area is 194 Å². The Hall–Kier alpha value is -1.66. The standard InChI is InChI=1S/C26H44O6/c1-7-15-29-17-25(5,9-3)19-31-23(27)21-13-11-12-14-22(21)24(28)32-20-26(6,10-4)18-30-16-8-2/h7-8,21-22H,1-2,9-20H2,3-6H3. The van der Waals surface area contributed by atoms with Crippen molar-refractivity contribution >= 4 is 11.9 Å². The summed E-state index contributed by atoms with van der Waals surface area (Å²) in [5, 5.41) is 0. The minimum absolute atomic E-state index is 0.266. The van der Waals surface area contributed by atoms with Crippen LogP contribution in [0.25, 0.3) is 0 Å². The minimum Gasteiger partial charge on any atom is -0.465 e. The molecule has 1 aliphatic carbocycles. The van der Waals surface area contributed by atoms with Gasteiger partial charge in [0.2, 0.25) is 0 Å². The van der Waals surface area contributed by atoms with Gasteiger partial charge in [-0.15, -0.1) is 13.2 Å². The number of esters is 2. The maximum absolute atomic E-state index is 12.9. The summed E-state index contributed by atoms with van der Waals surface area (Å²) in [6.07, 6.45) is 8.18. The highest BCUT2D eigenvalue weighted by molar-refractivity contribution is 5.82. The van der Waals surface area contributed by atoms with Crippen LogP contribution in [0.15, 0.2) is 25.3 Å². The second-order valence-electron chi connectivity index (χ2n) is 9.65. The normalized spacial score (nSPS) is 22.2. The first kappa shape index (κ1) is 28.4. The largest absolute Gasteiger partial charge is 0.465 e. The lowest BCUT2D eigenvalue weighted by atomic mass is 9.79. The number of hydrogen-bond acceptors (Lipinski definition) is 6. The van der Waals surface area contributed by atoms with Gasteiger partial charge in [-0.2, -0.15) is 0 Å². The highest BCUT2D eigenvalue weighted by Gasteiger charge is 2.39. The van der Waals surface area contributed by atoms with Gasteiger partial charge in [0.15, 0.2) is 0 Å². The molecule has 4 unspecified atom stereocenters. The van der Waals surface area contributed by atoms with Gasteiger partial charge in [0.25, 0.3) is 0 Å². The zero-order chi connectivity index (χ0) is 24.0. The third kappa shape index (κ3) is 9.45. The molecule has 0 spiro atoms. The Morgan fingerprint density at radius 2 is 1.16 bits per heavy atom. The molecule has 0 aromatic heterocycles. The molecule has 6 nitrogen and oxygen atoms in total. The van der Waals surface area contributed by atoms with E-state index < -0.39 is 11.8 Å². The van der Waals surface area contributed by atoms with Gasteiger partial charge in [-0.1, -0.05) is 52.7 Å². The minimum atomic E-state index is -0.448. The molecule has 0 aliphatic heterocycles. The molecule has 0 amide bonds. The summed E-state index contributed by atoms with van der Waals surface area (Å²) >= 11 is 0. The van der Waals surface area contributed by atoms with Gasteiger partial charge in [0.05, 0.1) is 51.5 Å². The molecule has 0 heterocycles. The molecule has 32 heavy (non-hydrogen) atoms. The summed E-state index contributed by atoms with van der Waals surface area (Å²) < 4.78 is 22.6. The fraction of sp³-hybridized carbons (Fsp3) is 0.769. The summed E-state index contributed by atoms with van der Waals surface area (Å²) in [6, 6.07) is 0. The highest BCUT2D eigenvalue weighted by Crippen LogP contribution is 2.34. The van der Waals surface area contributed by atoms with E-state index in [9.17, 15) is 9.59 Å². The SMILES string of the molecule is C=CCOCC(C)(CC)COC(=O)C1CCCCC1C(=O)OCC(C)(CC)COCC=C. The molecule has 0 N–H and O–H groups in total. The number of ether oxygens (including phenoxy) is 4. The Bertz CT molecular complexity index is 551. The quantitative estimate of drug-likeness (QED) is 0.184. The maximum Gasteiger partial charge on any atom is 0.309 e. The fourth-order valence-corrected chi connectivity index (χ4v) is 3.67. The molecule has 0 saturated heterocycles. The highest BCUT2D eigenvalue weighted by atomic mass is 16.5. The van der Waals surface area contributed by atoms with Gasteiger partial charge in [0.1, 0.15) is 0 Å². The monoisotopic (exact) mass is 452 g/mol. The lowest BCUT2D eigenvalue weighted by molar-refractivity contribution is -0.167. The van der Waals surface area contributed by atoms with Crippen LogP contribution in [0.2, 0.25) is 0 Å². The van der Waals surface area contributed by atoms with Crippen LogP contribution >= 0.6 is 0 Å². The average Bonchev–Trinajstić information content (AvgIpc) is 2.81. The van der Waals surface area contributed by atoms with E-state index in [4.69, 9.17) is 18.9 Å². The number of rotatable bonds is 16. The van der Waals surface area contributed by atoms with Crippen LogP contribution in [-0.4, -0.2) is 51.6 Å². The van der Waals surface area contributed by atoms with E-state index in [1.807, 2.05) is 13.8 Å². The van der Waals surface area contributed by atoms with E-state index in [0.29, 0.717) is 39.3 Å². The Balaban J connectivity index is 2.67. The first-order chi connectivity index (χ1) is 15.2. The Kier molecular flexibility index (Phi) is 12.8. The van der Waals surface area contributed by atoms with Crippen molar-refractivity contribution in [1.29, 1.82) is 0 Å². The lowest BCUT2D eigenvalue weighted by Crippen LogP contribution is -2.39. The zero-order valence-electron chi connectivity index (χ0n) is 20.7. The molecule has 1 aliphatic rings.